The molecule has 3 fully saturated rings. The molecule has 0 bridgehead atoms. The van der Waals surface area contributed by atoms with Gasteiger partial charge in [-0.2, -0.15) is 0 Å². The SMILES string of the molecule is COc1ccc(C(=O)N2C[C@H](C(=O)O)[C@@H](C3CC3)C2)cc1OC1CCCC1. The molecule has 0 radical (unpaired) electrons. The molecule has 0 aromatic heterocycles. The van der Waals surface area contributed by atoms with E-state index in [0.717, 1.165) is 25.7 Å². The van der Waals surface area contributed by atoms with E-state index in [9.17, 15) is 14.7 Å². The van der Waals surface area contributed by atoms with Crippen molar-refractivity contribution in [2.75, 3.05) is 20.2 Å². The van der Waals surface area contributed by atoms with Crippen molar-refractivity contribution in [1.82, 2.24) is 4.90 Å². The van der Waals surface area contributed by atoms with Crippen LogP contribution in [0.3, 0.4) is 0 Å². The maximum atomic E-state index is 13.0. The van der Waals surface area contributed by atoms with Gasteiger partial charge in [0.15, 0.2) is 11.5 Å². The number of hydrogen-bond acceptors (Lipinski definition) is 4. The smallest absolute Gasteiger partial charge is 0.308 e. The molecule has 2 atom stereocenters. The first-order valence-electron chi connectivity index (χ1n) is 9.93. The van der Waals surface area contributed by atoms with Crippen LogP contribution in [0.2, 0.25) is 0 Å². The van der Waals surface area contributed by atoms with Crippen molar-refractivity contribution in [2.24, 2.45) is 17.8 Å². The third-order valence-corrected chi connectivity index (χ3v) is 6.20. The number of nitrogens with zero attached hydrogens (tertiary/aromatic N) is 1. The number of carbonyl (C=O) groups excluding carboxylic acids is 1. The molecule has 1 saturated heterocycles. The van der Waals surface area contributed by atoms with Gasteiger partial charge in [0.05, 0.1) is 19.1 Å². The Kier molecular flexibility index (Phi) is 4.98. The van der Waals surface area contributed by atoms with Gasteiger partial charge in [-0.25, -0.2) is 0 Å². The van der Waals surface area contributed by atoms with Gasteiger partial charge in [0, 0.05) is 18.7 Å². The number of benzene rings is 1. The molecular weight excluding hydrogens is 346 g/mol. The Labute approximate surface area is 159 Å². The molecule has 6 nitrogen and oxygen atoms in total. The number of carboxylic acid groups (broad SMARTS) is 1. The number of methoxy groups -OCH3 is 1. The summed E-state index contributed by atoms with van der Waals surface area (Å²) in [7, 11) is 1.59. The topological polar surface area (TPSA) is 76.1 Å². The molecule has 6 heteroatoms. The number of carbonyl (C=O) groups is 2. The third-order valence-electron chi connectivity index (χ3n) is 6.20. The third kappa shape index (κ3) is 3.75. The Bertz CT molecular complexity index is 723. The van der Waals surface area contributed by atoms with E-state index in [1.807, 2.05) is 0 Å². The van der Waals surface area contributed by atoms with E-state index in [1.54, 1.807) is 30.2 Å². The standard InChI is InChI=1S/C21H27NO5/c1-26-18-9-8-14(10-19(18)27-15-4-2-3-5-15)20(23)22-11-16(13-6-7-13)17(12-22)21(24)25/h8-10,13,15-17H,2-7,11-12H2,1H3,(H,24,25)/t16-,17+/m1/s1. The van der Waals surface area contributed by atoms with Crippen LogP contribution >= 0.6 is 0 Å². The monoisotopic (exact) mass is 373 g/mol. The molecule has 1 N–H and O–H groups in total. The number of hydrogen-bond donors (Lipinski definition) is 1. The number of aliphatic carboxylic acids is 1. The summed E-state index contributed by atoms with van der Waals surface area (Å²) in [5.74, 6) is 0.404. The van der Waals surface area contributed by atoms with Crippen molar-refractivity contribution >= 4 is 11.9 Å². The number of rotatable bonds is 6. The van der Waals surface area contributed by atoms with Crippen molar-refractivity contribution in [3.8, 4) is 11.5 Å². The van der Waals surface area contributed by atoms with Gasteiger partial charge in [0.1, 0.15) is 0 Å². The van der Waals surface area contributed by atoms with Crippen LogP contribution in [0.5, 0.6) is 11.5 Å². The summed E-state index contributed by atoms with van der Waals surface area (Å²) < 4.78 is 11.5. The van der Waals surface area contributed by atoms with Crippen LogP contribution in [-0.4, -0.2) is 48.2 Å². The first-order valence-corrected chi connectivity index (χ1v) is 9.93. The summed E-state index contributed by atoms with van der Waals surface area (Å²) in [4.78, 5) is 26.3. The van der Waals surface area contributed by atoms with Gasteiger partial charge in [0.25, 0.3) is 5.91 Å². The van der Waals surface area contributed by atoms with Gasteiger partial charge in [-0.3, -0.25) is 9.59 Å². The molecular formula is C21H27NO5. The van der Waals surface area contributed by atoms with E-state index in [1.165, 1.54) is 12.8 Å². The summed E-state index contributed by atoms with van der Waals surface area (Å²) in [6.07, 6.45) is 6.72. The molecule has 1 heterocycles. The lowest BCUT2D eigenvalue weighted by atomic mass is 9.92. The summed E-state index contributed by atoms with van der Waals surface area (Å²) in [5, 5.41) is 9.53. The van der Waals surface area contributed by atoms with Crippen molar-refractivity contribution in [3.63, 3.8) is 0 Å². The molecule has 3 aliphatic rings. The van der Waals surface area contributed by atoms with Crippen molar-refractivity contribution in [1.29, 1.82) is 0 Å². The molecule has 4 rings (SSSR count). The van der Waals surface area contributed by atoms with Gasteiger partial charge in [-0.15, -0.1) is 0 Å². The second-order valence-electron chi connectivity index (χ2n) is 8.05. The Hall–Kier alpha value is -2.24. The van der Waals surface area contributed by atoms with E-state index in [0.29, 0.717) is 36.1 Å². The lowest BCUT2D eigenvalue weighted by molar-refractivity contribution is -0.142. The molecule has 27 heavy (non-hydrogen) atoms. The lowest BCUT2D eigenvalue weighted by Crippen LogP contribution is -2.30. The van der Waals surface area contributed by atoms with Gasteiger partial charge in [0.2, 0.25) is 0 Å². The highest BCUT2D eigenvalue weighted by molar-refractivity contribution is 5.95. The van der Waals surface area contributed by atoms with E-state index in [-0.39, 0.29) is 17.9 Å². The Morgan fingerprint density at radius 2 is 1.81 bits per heavy atom. The largest absolute Gasteiger partial charge is 0.493 e. The highest BCUT2D eigenvalue weighted by atomic mass is 16.5. The molecule has 0 spiro atoms. The summed E-state index contributed by atoms with van der Waals surface area (Å²) in [6, 6.07) is 5.25. The fraction of sp³-hybridized carbons (Fsp3) is 0.619. The molecule has 2 aliphatic carbocycles. The minimum absolute atomic E-state index is 0.0823. The summed E-state index contributed by atoms with van der Waals surface area (Å²) in [5.41, 5.74) is 0.532. The molecule has 1 aliphatic heterocycles. The predicted octanol–water partition coefficient (Wildman–Crippen LogP) is 3.20. The van der Waals surface area contributed by atoms with Crippen molar-refractivity contribution in [3.05, 3.63) is 23.8 Å². The zero-order chi connectivity index (χ0) is 19.0. The van der Waals surface area contributed by atoms with Crippen molar-refractivity contribution < 1.29 is 24.2 Å². The van der Waals surface area contributed by atoms with E-state index >= 15 is 0 Å². The highest BCUT2D eigenvalue weighted by Gasteiger charge is 2.47. The average Bonchev–Trinajstić information content (AvgIpc) is 3.19. The minimum Gasteiger partial charge on any atom is -0.493 e. The van der Waals surface area contributed by atoms with Gasteiger partial charge >= 0.3 is 5.97 Å². The molecule has 1 aromatic carbocycles. The molecule has 2 saturated carbocycles. The Balaban J connectivity index is 1.52. The summed E-state index contributed by atoms with van der Waals surface area (Å²) in [6.45, 7) is 0.825. The predicted molar refractivity (Wildman–Crippen MR) is 99.1 cm³/mol. The van der Waals surface area contributed by atoms with Crippen LogP contribution in [0.4, 0.5) is 0 Å². The molecule has 0 unspecified atom stereocenters. The van der Waals surface area contributed by atoms with E-state index in [4.69, 9.17) is 9.47 Å². The minimum atomic E-state index is -0.790. The van der Waals surface area contributed by atoms with Gasteiger partial charge in [-0.1, -0.05) is 0 Å². The first kappa shape index (κ1) is 18.1. The van der Waals surface area contributed by atoms with E-state index < -0.39 is 11.9 Å². The second-order valence-corrected chi connectivity index (χ2v) is 8.05. The van der Waals surface area contributed by atoms with Crippen LogP contribution in [0.15, 0.2) is 18.2 Å². The van der Waals surface area contributed by atoms with Crippen LogP contribution < -0.4 is 9.47 Å². The average molecular weight is 373 g/mol. The van der Waals surface area contributed by atoms with Crippen LogP contribution in [-0.2, 0) is 4.79 Å². The first-order chi connectivity index (χ1) is 13.1. The van der Waals surface area contributed by atoms with Crippen molar-refractivity contribution in [2.45, 2.75) is 44.6 Å². The summed E-state index contributed by atoms with van der Waals surface area (Å²) >= 11 is 0. The molecule has 1 amide bonds. The fourth-order valence-corrected chi connectivity index (χ4v) is 4.53. The Morgan fingerprint density at radius 3 is 2.44 bits per heavy atom. The Morgan fingerprint density at radius 1 is 1.07 bits per heavy atom. The highest BCUT2D eigenvalue weighted by Crippen LogP contribution is 2.44. The normalized spacial score (nSPS) is 25.6. The second kappa shape index (κ2) is 7.41. The number of carboxylic acids is 1. The van der Waals surface area contributed by atoms with E-state index in [2.05, 4.69) is 0 Å². The van der Waals surface area contributed by atoms with Gasteiger partial charge < -0.3 is 19.5 Å². The van der Waals surface area contributed by atoms with Crippen LogP contribution in [0.1, 0.15) is 48.9 Å². The zero-order valence-corrected chi connectivity index (χ0v) is 15.7. The maximum Gasteiger partial charge on any atom is 0.308 e. The van der Waals surface area contributed by atoms with Gasteiger partial charge in [-0.05, 0) is 68.6 Å². The maximum absolute atomic E-state index is 13.0. The quantitative estimate of drug-likeness (QED) is 0.829. The number of amides is 1. The number of ether oxygens (including phenoxy) is 2. The zero-order valence-electron chi connectivity index (χ0n) is 15.7. The number of likely N-dealkylation sites (tertiary alicyclic amines) is 1. The molecule has 1 aromatic rings. The fourth-order valence-electron chi connectivity index (χ4n) is 4.53. The van der Waals surface area contributed by atoms with Crippen LogP contribution in [0, 0.1) is 17.8 Å². The molecule has 146 valence electrons. The lowest BCUT2D eigenvalue weighted by Gasteiger charge is -2.19. The van der Waals surface area contributed by atoms with Crippen LogP contribution in [0.25, 0.3) is 0 Å².